The van der Waals surface area contributed by atoms with Gasteiger partial charge < -0.3 is 24.2 Å². The van der Waals surface area contributed by atoms with E-state index in [1.54, 1.807) is 31.4 Å². The van der Waals surface area contributed by atoms with Gasteiger partial charge in [-0.25, -0.2) is 4.79 Å². The number of ether oxygens (including phenoxy) is 3. The minimum absolute atomic E-state index is 0.000764. The highest BCUT2D eigenvalue weighted by molar-refractivity contribution is 5.95. The molecule has 1 saturated heterocycles. The van der Waals surface area contributed by atoms with Gasteiger partial charge in [0, 0.05) is 24.3 Å². The van der Waals surface area contributed by atoms with Crippen LogP contribution >= 0.6 is 0 Å². The van der Waals surface area contributed by atoms with Crippen molar-refractivity contribution in [1.82, 2.24) is 4.90 Å². The Labute approximate surface area is 134 Å². The number of carboxylic acids is 1. The largest absolute Gasteiger partial charge is 0.497 e. The van der Waals surface area contributed by atoms with E-state index in [4.69, 9.17) is 19.3 Å². The second-order valence-corrected chi connectivity index (χ2v) is 4.90. The molecule has 0 bridgehead atoms. The molecule has 1 fully saturated rings. The van der Waals surface area contributed by atoms with E-state index in [1.807, 2.05) is 0 Å². The molecule has 1 N–H and O–H groups in total. The molecule has 1 atom stereocenters. The van der Waals surface area contributed by atoms with Gasteiger partial charge in [-0.15, -0.1) is 0 Å². The average molecular weight is 321 g/mol. The maximum Gasteiger partial charge on any atom is 0.328 e. The zero-order valence-corrected chi connectivity index (χ0v) is 13.0. The van der Waals surface area contributed by atoms with Gasteiger partial charge in [-0.05, 0) is 18.2 Å². The lowest BCUT2D eigenvalue weighted by atomic mass is 10.1. The number of hydrogen-bond donors (Lipinski definition) is 1. The number of carbonyl (C=O) groups excluding carboxylic acids is 1. The summed E-state index contributed by atoms with van der Waals surface area (Å²) < 4.78 is 15.5. The third kappa shape index (κ3) is 4.01. The molecule has 124 valence electrons. The molecular weight excluding hydrogens is 302 g/mol. The van der Waals surface area contributed by atoms with Crippen molar-refractivity contribution in [3.05, 3.63) is 29.8 Å². The summed E-state index contributed by atoms with van der Waals surface area (Å²) in [6.07, 6.45) is 2.93. The predicted octanol–water partition coefficient (Wildman–Crippen LogP) is 1.03. The third-order valence-corrected chi connectivity index (χ3v) is 3.54. The molecule has 1 unspecified atom stereocenters. The summed E-state index contributed by atoms with van der Waals surface area (Å²) >= 11 is 0. The average Bonchev–Trinajstić information content (AvgIpc) is 2.59. The van der Waals surface area contributed by atoms with E-state index < -0.39 is 12.0 Å². The zero-order chi connectivity index (χ0) is 16.8. The minimum Gasteiger partial charge on any atom is -0.497 e. The smallest absolute Gasteiger partial charge is 0.328 e. The lowest BCUT2D eigenvalue weighted by molar-refractivity contribution is -0.156. The van der Waals surface area contributed by atoms with E-state index in [9.17, 15) is 9.59 Å². The molecule has 0 saturated carbocycles. The van der Waals surface area contributed by atoms with Gasteiger partial charge >= 0.3 is 5.97 Å². The number of rotatable bonds is 5. The number of methoxy groups -OCH3 is 2. The molecule has 1 heterocycles. The summed E-state index contributed by atoms with van der Waals surface area (Å²) in [5.74, 6) is -0.248. The Morgan fingerprint density at radius 3 is 2.78 bits per heavy atom. The number of aliphatic carboxylic acids is 1. The van der Waals surface area contributed by atoms with Crippen LogP contribution < -0.4 is 9.47 Å². The molecule has 0 aliphatic carbocycles. The van der Waals surface area contributed by atoms with Crippen LogP contribution in [-0.4, -0.2) is 61.9 Å². The van der Waals surface area contributed by atoms with Gasteiger partial charge in [-0.1, -0.05) is 0 Å². The Bertz CT molecular complexity index is 613. The fourth-order valence-electron chi connectivity index (χ4n) is 2.28. The molecule has 2 rings (SSSR count). The standard InChI is InChI=1S/C16H19NO6/c1-21-12-5-3-11(14(9-12)22-2)4-6-15(18)17-7-8-23-10-13(17)16(19)20/h3-6,9,13H,7-8,10H2,1-2H3,(H,19,20). The molecular formula is C16H19NO6. The van der Waals surface area contributed by atoms with Gasteiger partial charge in [0.2, 0.25) is 5.91 Å². The van der Waals surface area contributed by atoms with Crippen LogP contribution in [0.2, 0.25) is 0 Å². The molecule has 1 aromatic carbocycles. The van der Waals surface area contributed by atoms with Crippen LogP contribution in [0.4, 0.5) is 0 Å². The molecule has 0 radical (unpaired) electrons. The van der Waals surface area contributed by atoms with Gasteiger partial charge in [-0.2, -0.15) is 0 Å². The van der Waals surface area contributed by atoms with Crippen molar-refractivity contribution in [2.75, 3.05) is 34.0 Å². The maximum atomic E-state index is 12.3. The van der Waals surface area contributed by atoms with E-state index in [0.717, 1.165) is 0 Å². The van der Waals surface area contributed by atoms with E-state index in [1.165, 1.54) is 18.1 Å². The number of carboxylic acid groups (broad SMARTS) is 1. The first kappa shape index (κ1) is 16.8. The Balaban J connectivity index is 2.15. The van der Waals surface area contributed by atoms with Crippen molar-refractivity contribution >= 4 is 18.0 Å². The molecule has 1 amide bonds. The maximum absolute atomic E-state index is 12.3. The predicted molar refractivity (Wildman–Crippen MR) is 82.5 cm³/mol. The summed E-state index contributed by atoms with van der Waals surface area (Å²) in [6.45, 7) is 0.579. The third-order valence-electron chi connectivity index (χ3n) is 3.54. The molecule has 7 nitrogen and oxygen atoms in total. The summed E-state index contributed by atoms with van der Waals surface area (Å²) in [5.41, 5.74) is 0.696. The fourth-order valence-corrected chi connectivity index (χ4v) is 2.28. The number of morpholine rings is 1. The van der Waals surface area contributed by atoms with E-state index in [0.29, 0.717) is 23.7 Å². The topological polar surface area (TPSA) is 85.3 Å². The number of carbonyl (C=O) groups is 2. The lowest BCUT2D eigenvalue weighted by Gasteiger charge is -2.32. The molecule has 0 aromatic heterocycles. The van der Waals surface area contributed by atoms with E-state index >= 15 is 0 Å². The van der Waals surface area contributed by atoms with Crippen LogP contribution in [-0.2, 0) is 14.3 Å². The van der Waals surface area contributed by atoms with Crippen molar-refractivity contribution in [3.63, 3.8) is 0 Å². The normalized spacial score (nSPS) is 18.0. The van der Waals surface area contributed by atoms with Crippen LogP contribution in [0.1, 0.15) is 5.56 Å². The summed E-state index contributed by atoms with van der Waals surface area (Å²) in [7, 11) is 3.08. The number of hydrogen-bond acceptors (Lipinski definition) is 5. The first-order valence-electron chi connectivity index (χ1n) is 7.08. The monoisotopic (exact) mass is 321 g/mol. The van der Waals surface area contributed by atoms with Crippen LogP contribution in [0, 0.1) is 0 Å². The SMILES string of the molecule is COc1ccc(C=CC(=O)N2CCOCC2C(=O)O)c(OC)c1. The quantitative estimate of drug-likeness (QED) is 0.815. The zero-order valence-electron chi connectivity index (χ0n) is 13.0. The van der Waals surface area contributed by atoms with Crippen molar-refractivity contribution in [2.24, 2.45) is 0 Å². The summed E-state index contributed by atoms with van der Waals surface area (Å²) in [4.78, 5) is 24.7. The molecule has 23 heavy (non-hydrogen) atoms. The molecule has 0 spiro atoms. The van der Waals surface area contributed by atoms with E-state index in [-0.39, 0.29) is 19.1 Å². The van der Waals surface area contributed by atoms with Crippen LogP contribution in [0.25, 0.3) is 6.08 Å². The van der Waals surface area contributed by atoms with Gasteiger partial charge in [0.25, 0.3) is 0 Å². The van der Waals surface area contributed by atoms with Crippen LogP contribution in [0.3, 0.4) is 0 Å². The number of nitrogens with zero attached hydrogens (tertiary/aromatic N) is 1. The lowest BCUT2D eigenvalue weighted by Crippen LogP contribution is -2.52. The Morgan fingerprint density at radius 1 is 1.35 bits per heavy atom. The molecule has 1 aliphatic rings. The van der Waals surface area contributed by atoms with Crippen molar-refractivity contribution in [1.29, 1.82) is 0 Å². The van der Waals surface area contributed by atoms with Gasteiger partial charge in [0.15, 0.2) is 6.04 Å². The Kier molecular flexibility index (Phi) is 5.59. The van der Waals surface area contributed by atoms with E-state index in [2.05, 4.69) is 0 Å². The fraction of sp³-hybridized carbons (Fsp3) is 0.375. The highest BCUT2D eigenvalue weighted by Gasteiger charge is 2.31. The highest BCUT2D eigenvalue weighted by atomic mass is 16.5. The Hall–Kier alpha value is -2.54. The molecule has 1 aromatic rings. The first-order chi connectivity index (χ1) is 11.1. The van der Waals surface area contributed by atoms with Crippen LogP contribution in [0.15, 0.2) is 24.3 Å². The van der Waals surface area contributed by atoms with Crippen molar-refractivity contribution in [2.45, 2.75) is 6.04 Å². The Morgan fingerprint density at radius 2 is 2.13 bits per heavy atom. The molecule has 7 heteroatoms. The van der Waals surface area contributed by atoms with Crippen molar-refractivity contribution < 1.29 is 28.9 Å². The minimum atomic E-state index is -1.08. The second-order valence-electron chi connectivity index (χ2n) is 4.90. The number of benzene rings is 1. The first-order valence-corrected chi connectivity index (χ1v) is 7.08. The number of amides is 1. The van der Waals surface area contributed by atoms with Gasteiger partial charge in [0.1, 0.15) is 11.5 Å². The van der Waals surface area contributed by atoms with Crippen LogP contribution in [0.5, 0.6) is 11.5 Å². The van der Waals surface area contributed by atoms with Crippen molar-refractivity contribution in [3.8, 4) is 11.5 Å². The second kappa shape index (κ2) is 7.64. The highest BCUT2D eigenvalue weighted by Crippen LogP contribution is 2.25. The summed E-state index contributed by atoms with van der Waals surface area (Å²) in [6, 6.07) is 4.26. The van der Waals surface area contributed by atoms with Gasteiger partial charge in [0.05, 0.1) is 27.4 Å². The molecule has 1 aliphatic heterocycles. The summed E-state index contributed by atoms with van der Waals surface area (Å²) in [5, 5.41) is 9.15. The van der Waals surface area contributed by atoms with Gasteiger partial charge in [-0.3, -0.25) is 4.79 Å².